The number of rotatable bonds is 9. The van der Waals surface area contributed by atoms with Gasteiger partial charge in [0, 0.05) is 18.9 Å². The third kappa shape index (κ3) is 5.46. The number of hydrogen-bond donors (Lipinski definition) is 2. The van der Waals surface area contributed by atoms with Gasteiger partial charge in [-0.25, -0.2) is 0 Å². The number of benzene rings is 1. The zero-order valence-corrected chi connectivity index (χ0v) is 21.3. The Bertz CT molecular complexity index is 915. The van der Waals surface area contributed by atoms with Crippen molar-refractivity contribution >= 4 is 5.97 Å². The summed E-state index contributed by atoms with van der Waals surface area (Å²) in [6.45, 7) is 4.56. The third-order valence-corrected chi connectivity index (χ3v) is 7.98. The fraction of sp³-hybridized carbons (Fsp3) is 0.679. The van der Waals surface area contributed by atoms with Gasteiger partial charge in [-0.2, -0.15) is 0 Å². The lowest BCUT2D eigenvalue weighted by molar-refractivity contribution is -0.137. The number of carboxylic acids is 1. The molecule has 4 aliphatic rings. The Labute approximate surface area is 209 Å². The summed E-state index contributed by atoms with van der Waals surface area (Å²) in [4.78, 5) is 12.7. The summed E-state index contributed by atoms with van der Waals surface area (Å²) in [5.74, 6) is 1.67. The first-order chi connectivity index (χ1) is 17.0. The maximum atomic E-state index is 11.0. The van der Waals surface area contributed by atoms with E-state index in [-0.39, 0.29) is 18.2 Å². The Kier molecular flexibility index (Phi) is 8.60. The highest BCUT2D eigenvalue weighted by Crippen LogP contribution is 2.54. The molecule has 0 aromatic heterocycles. The van der Waals surface area contributed by atoms with Crippen LogP contribution in [-0.4, -0.2) is 59.7 Å². The van der Waals surface area contributed by atoms with Crippen molar-refractivity contribution in [3.63, 3.8) is 0 Å². The van der Waals surface area contributed by atoms with Crippen molar-refractivity contribution in [1.29, 1.82) is 0 Å². The van der Waals surface area contributed by atoms with E-state index in [9.17, 15) is 9.90 Å². The molecule has 5 rings (SSSR count). The number of hydrogen-bond acceptors (Lipinski definition) is 6. The molecule has 1 aromatic rings. The summed E-state index contributed by atoms with van der Waals surface area (Å²) in [7, 11) is 1.65. The van der Waals surface area contributed by atoms with Crippen LogP contribution >= 0.6 is 0 Å². The summed E-state index contributed by atoms with van der Waals surface area (Å²) in [6.07, 6.45) is 13.4. The van der Waals surface area contributed by atoms with Gasteiger partial charge in [0.05, 0.1) is 12.6 Å². The molecule has 3 heterocycles. The van der Waals surface area contributed by atoms with E-state index in [0.29, 0.717) is 12.2 Å². The van der Waals surface area contributed by atoms with Crippen molar-refractivity contribution in [3.8, 4) is 11.5 Å². The molecule has 1 fully saturated rings. The second-order valence-corrected chi connectivity index (χ2v) is 10.2. The van der Waals surface area contributed by atoms with E-state index >= 15 is 0 Å². The predicted octanol–water partition coefficient (Wildman–Crippen LogP) is 5.01. The number of aliphatic hydroxyl groups is 1. The van der Waals surface area contributed by atoms with Gasteiger partial charge in [0.2, 0.25) is 6.79 Å². The first-order valence-corrected chi connectivity index (χ1v) is 13.3. The molecule has 7 nitrogen and oxygen atoms in total. The van der Waals surface area contributed by atoms with Gasteiger partial charge in [-0.3, -0.25) is 9.69 Å². The van der Waals surface area contributed by atoms with Crippen LogP contribution in [0.5, 0.6) is 11.5 Å². The van der Waals surface area contributed by atoms with Crippen LogP contribution in [0.3, 0.4) is 0 Å². The lowest BCUT2D eigenvalue weighted by atomic mass is 9.78. The SMILES string of the molecule is CCCCCCCCCC(=O)O.COC1=C[C@]23CCCN2CCc2cc4c(cc2[C@@H]3[C@@H]1O)OCO4. The molecule has 7 heteroatoms. The molecule has 0 saturated carbocycles. The monoisotopic (exact) mass is 487 g/mol. The molecule has 2 N–H and O–H groups in total. The molecule has 0 amide bonds. The van der Waals surface area contributed by atoms with Crippen molar-refractivity contribution in [1.82, 2.24) is 4.90 Å². The van der Waals surface area contributed by atoms with Crippen LogP contribution < -0.4 is 9.47 Å². The summed E-state index contributed by atoms with van der Waals surface area (Å²) in [6, 6.07) is 4.19. The van der Waals surface area contributed by atoms with E-state index in [1.165, 1.54) is 43.2 Å². The van der Waals surface area contributed by atoms with E-state index in [1.807, 2.05) is 0 Å². The van der Waals surface area contributed by atoms with Crippen molar-refractivity contribution < 1.29 is 29.2 Å². The largest absolute Gasteiger partial charge is 0.499 e. The fourth-order valence-corrected chi connectivity index (χ4v) is 6.23. The first-order valence-electron chi connectivity index (χ1n) is 13.3. The van der Waals surface area contributed by atoms with E-state index < -0.39 is 12.1 Å². The average molecular weight is 488 g/mol. The molecule has 1 aliphatic carbocycles. The molecular formula is C28H41NO6. The smallest absolute Gasteiger partial charge is 0.303 e. The Morgan fingerprint density at radius 2 is 1.83 bits per heavy atom. The predicted molar refractivity (Wildman–Crippen MR) is 134 cm³/mol. The van der Waals surface area contributed by atoms with Crippen LogP contribution in [0, 0.1) is 0 Å². The number of aliphatic carboxylic acids is 1. The minimum absolute atomic E-state index is 0.00644. The fourth-order valence-electron chi connectivity index (χ4n) is 6.23. The number of aliphatic hydroxyl groups excluding tert-OH is 1. The molecule has 3 atom stereocenters. The summed E-state index contributed by atoms with van der Waals surface area (Å²) >= 11 is 0. The van der Waals surface area contributed by atoms with Gasteiger partial charge < -0.3 is 24.4 Å². The minimum atomic E-state index is -0.663. The topological polar surface area (TPSA) is 88.5 Å². The van der Waals surface area contributed by atoms with Crippen molar-refractivity contribution in [2.24, 2.45) is 0 Å². The summed E-state index contributed by atoms with van der Waals surface area (Å²) in [5.41, 5.74) is 2.33. The van der Waals surface area contributed by atoms with Gasteiger partial charge >= 0.3 is 5.97 Å². The Balaban J connectivity index is 0.000000207. The zero-order valence-electron chi connectivity index (χ0n) is 21.3. The summed E-state index contributed by atoms with van der Waals surface area (Å²) in [5, 5.41) is 19.3. The number of unbranched alkanes of at least 4 members (excludes halogenated alkanes) is 6. The Hall–Kier alpha value is -2.25. The number of ether oxygens (including phenoxy) is 3. The Morgan fingerprint density at radius 3 is 2.54 bits per heavy atom. The van der Waals surface area contributed by atoms with Crippen molar-refractivity contribution in [2.45, 2.75) is 95.1 Å². The van der Waals surface area contributed by atoms with Crippen LogP contribution in [-0.2, 0) is 16.0 Å². The molecular weight excluding hydrogens is 446 g/mol. The lowest BCUT2D eigenvalue weighted by Gasteiger charge is -2.38. The van der Waals surface area contributed by atoms with Gasteiger partial charge in [-0.05, 0) is 61.6 Å². The molecule has 0 radical (unpaired) electrons. The number of methoxy groups -OCH3 is 1. The molecule has 35 heavy (non-hydrogen) atoms. The third-order valence-electron chi connectivity index (χ3n) is 7.98. The highest BCUT2D eigenvalue weighted by molar-refractivity contribution is 5.66. The standard InChI is InChI=1S/C18H21NO4.C10H20O2/c1-21-15-9-18-4-2-5-19(18)6-3-11-7-13-14(23-10-22-13)8-12(11)16(18)17(15)20;1-2-3-4-5-6-7-8-9-10(11)12/h7-9,16-17,20H,2-6,10H2,1H3;2-9H2,1H3,(H,11,12)/t16-,17-,18+;/m1./s1. The molecule has 0 unspecified atom stereocenters. The second-order valence-electron chi connectivity index (χ2n) is 10.2. The maximum Gasteiger partial charge on any atom is 0.303 e. The molecule has 1 saturated heterocycles. The van der Waals surface area contributed by atoms with E-state index in [4.69, 9.17) is 19.3 Å². The number of carboxylic acid groups (broad SMARTS) is 1. The minimum Gasteiger partial charge on any atom is -0.499 e. The molecule has 3 aliphatic heterocycles. The summed E-state index contributed by atoms with van der Waals surface area (Å²) < 4.78 is 16.6. The molecule has 1 spiro atoms. The van der Waals surface area contributed by atoms with Gasteiger partial charge in [-0.1, -0.05) is 45.4 Å². The van der Waals surface area contributed by atoms with Gasteiger partial charge in [0.15, 0.2) is 11.5 Å². The lowest BCUT2D eigenvalue weighted by Crippen LogP contribution is -2.46. The van der Waals surface area contributed by atoms with Crippen molar-refractivity contribution in [3.05, 3.63) is 35.1 Å². The second kappa shape index (κ2) is 11.7. The highest BCUT2D eigenvalue weighted by Gasteiger charge is 2.56. The van der Waals surface area contributed by atoms with E-state index in [0.717, 1.165) is 56.7 Å². The normalized spacial score (nSPS) is 26.1. The van der Waals surface area contributed by atoms with Crippen molar-refractivity contribution in [2.75, 3.05) is 27.0 Å². The van der Waals surface area contributed by atoms with Crippen LogP contribution in [0.4, 0.5) is 0 Å². The molecule has 1 aromatic carbocycles. The van der Waals surface area contributed by atoms with Crippen LogP contribution in [0.1, 0.15) is 88.2 Å². The number of carbonyl (C=O) groups is 1. The van der Waals surface area contributed by atoms with Gasteiger partial charge in [-0.15, -0.1) is 0 Å². The zero-order chi connectivity index (χ0) is 24.8. The van der Waals surface area contributed by atoms with Crippen LogP contribution in [0.15, 0.2) is 24.0 Å². The highest BCUT2D eigenvalue weighted by atomic mass is 16.7. The molecule has 194 valence electrons. The van der Waals surface area contributed by atoms with E-state index in [2.05, 4.69) is 30.0 Å². The quantitative estimate of drug-likeness (QED) is 0.474. The number of nitrogens with zero attached hydrogens (tertiary/aromatic N) is 1. The maximum absolute atomic E-state index is 11.0. The van der Waals surface area contributed by atoms with Gasteiger partial charge in [0.1, 0.15) is 11.9 Å². The van der Waals surface area contributed by atoms with Crippen LogP contribution in [0.2, 0.25) is 0 Å². The van der Waals surface area contributed by atoms with Gasteiger partial charge in [0.25, 0.3) is 0 Å². The molecule has 0 bridgehead atoms. The number of fused-ring (bicyclic) bond motifs is 3. The first kappa shape index (κ1) is 25.8. The Morgan fingerprint density at radius 1 is 1.11 bits per heavy atom. The van der Waals surface area contributed by atoms with Crippen LogP contribution in [0.25, 0.3) is 0 Å². The average Bonchev–Trinajstić information content (AvgIpc) is 3.52. The van der Waals surface area contributed by atoms with E-state index in [1.54, 1.807) is 7.11 Å².